The molecule has 0 aromatic carbocycles. The fraction of sp³-hybridized carbons (Fsp3) is 0.923. The van der Waals surface area contributed by atoms with Crippen molar-refractivity contribution in [2.45, 2.75) is 51.7 Å². The first-order valence-electron chi connectivity index (χ1n) is 6.55. The third-order valence-corrected chi connectivity index (χ3v) is 3.50. The van der Waals surface area contributed by atoms with Gasteiger partial charge in [0.15, 0.2) is 0 Å². The molecule has 1 N–H and O–H groups in total. The number of likely N-dealkylation sites (N-methyl/N-ethyl adjacent to an activating group) is 1. The second kappa shape index (κ2) is 6.36. The molecule has 0 aliphatic carbocycles. The van der Waals surface area contributed by atoms with Crippen LogP contribution in [0.5, 0.6) is 0 Å². The molecule has 1 aliphatic rings. The molecule has 1 unspecified atom stereocenters. The lowest BCUT2D eigenvalue weighted by Gasteiger charge is -2.36. The van der Waals surface area contributed by atoms with Crippen molar-refractivity contribution in [3.05, 3.63) is 0 Å². The van der Waals surface area contributed by atoms with Gasteiger partial charge in [-0.05, 0) is 40.2 Å². The molecular formula is C13H26N2O2. The number of carbonyl (C=O) groups is 1. The van der Waals surface area contributed by atoms with Crippen molar-refractivity contribution in [1.82, 2.24) is 10.2 Å². The van der Waals surface area contributed by atoms with E-state index in [4.69, 9.17) is 4.74 Å². The van der Waals surface area contributed by atoms with Gasteiger partial charge in [0.1, 0.15) is 0 Å². The van der Waals surface area contributed by atoms with E-state index in [0.717, 1.165) is 32.5 Å². The van der Waals surface area contributed by atoms with E-state index in [1.807, 2.05) is 25.7 Å². The summed E-state index contributed by atoms with van der Waals surface area (Å²) in [5.74, 6) is 0.202. The lowest BCUT2D eigenvalue weighted by atomic mass is 10.0. The Morgan fingerprint density at radius 3 is 2.71 bits per heavy atom. The number of methoxy groups -OCH3 is 1. The molecule has 1 atom stereocenters. The van der Waals surface area contributed by atoms with Crippen LogP contribution in [-0.2, 0) is 9.53 Å². The largest absolute Gasteiger partial charge is 0.378 e. The molecule has 17 heavy (non-hydrogen) atoms. The zero-order valence-electron chi connectivity index (χ0n) is 11.6. The zero-order chi connectivity index (χ0) is 12.9. The van der Waals surface area contributed by atoms with Crippen molar-refractivity contribution in [2.24, 2.45) is 0 Å². The Labute approximate surface area is 105 Å². The Bertz CT molecular complexity index is 248. The number of amides is 1. The van der Waals surface area contributed by atoms with Crippen LogP contribution in [0.1, 0.15) is 40.0 Å². The van der Waals surface area contributed by atoms with Gasteiger partial charge in [0.25, 0.3) is 0 Å². The molecule has 0 radical (unpaired) electrons. The highest BCUT2D eigenvalue weighted by molar-refractivity contribution is 5.77. The third-order valence-electron chi connectivity index (χ3n) is 3.50. The van der Waals surface area contributed by atoms with Gasteiger partial charge < -0.3 is 15.0 Å². The molecule has 1 aliphatic heterocycles. The van der Waals surface area contributed by atoms with Gasteiger partial charge in [0, 0.05) is 26.2 Å². The number of ether oxygens (including phenoxy) is 1. The fourth-order valence-electron chi connectivity index (χ4n) is 2.28. The molecule has 4 nitrogen and oxygen atoms in total. The van der Waals surface area contributed by atoms with E-state index in [0.29, 0.717) is 12.5 Å². The summed E-state index contributed by atoms with van der Waals surface area (Å²) >= 11 is 0. The Hall–Kier alpha value is -0.610. The normalized spacial score (nSPS) is 21.3. The van der Waals surface area contributed by atoms with Crippen molar-refractivity contribution in [1.29, 1.82) is 0 Å². The summed E-state index contributed by atoms with van der Waals surface area (Å²) in [6.45, 7) is 8.74. The predicted molar refractivity (Wildman–Crippen MR) is 69.0 cm³/mol. The van der Waals surface area contributed by atoms with Crippen LogP contribution in [0.3, 0.4) is 0 Å². The summed E-state index contributed by atoms with van der Waals surface area (Å²) in [4.78, 5) is 14.3. The summed E-state index contributed by atoms with van der Waals surface area (Å²) < 4.78 is 5.33. The Morgan fingerprint density at radius 2 is 2.24 bits per heavy atom. The van der Waals surface area contributed by atoms with Gasteiger partial charge in [0.05, 0.1) is 12.0 Å². The summed E-state index contributed by atoms with van der Waals surface area (Å²) in [5.41, 5.74) is -0.368. The van der Waals surface area contributed by atoms with E-state index in [1.165, 1.54) is 0 Å². The lowest BCUT2D eigenvalue weighted by Crippen LogP contribution is -2.50. The topological polar surface area (TPSA) is 41.6 Å². The number of rotatable bonds is 5. The Kier molecular flexibility index (Phi) is 5.40. The lowest BCUT2D eigenvalue weighted by molar-refractivity contribution is -0.139. The van der Waals surface area contributed by atoms with E-state index in [-0.39, 0.29) is 11.5 Å². The predicted octanol–water partition coefficient (Wildman–Crippen LogP) is 1.40. The smallest absolute Gasteiger partial charge is 0.225 e. The van der Waals surface area contributed by atoms with Crippen molar-refractivity contribution in [3.8, 4) is 0 Å². The van der Waals surface area contributed by atoms with E-state index in [9.17, 15) is 4.79 Å². The van der Waals surface area contributed by atoms with Crippen LogP contribution >= 0.6 is 0 Å². The zero-order valence-corrected chi connectivity index (χ0v) is 11.6. The number of nitrogens with zero attached hydrogens (tertiary/aromatic N) is 1. The van der Waals surface area contributed by atoms with Gasteiger partial charge in [-0.15, -0.1) is 0 Å². The SMILES string of the molecule is CCN(C(=O)CC(C)(C)OC)C1CCCNC1. The quantitative estimate of drug-likeness (QED) is 0.792. The van der Waals surface area contributed by atoms with E-state index >= 15 is 0 Å². The summed E-state index contributed by atoms with van der Waals surface area (Å²) in [5, 5.41) is 3.36. The first kappa shape index (κ1) is 14.5. The standard InChI is InChI=1S/C13H26N2O2/c1-5-15(11-7-6-8-14-10-11)12(16)9-13(2,3)17-4/h11,14H,5-10H2,1-4H3. The third kappa shape index (κ3) is 4.28. The second-order valence-corrected chi connectivity index (χ2v) is 5.32. The number of hydrogen-bond donors (Lipinski definition) is 1. The van der Waals surface area contributed by atoms with Crippen molar-refractivity contribution in [3.63, 3.8) is 0 Å². The highest BCUT2D eigenvalue weighted by atomic mass is 16.5. The molecule has 1 heterocycles. The van der Waals surface area contributed by atoms with Crippen molar-refractivity contribution < 1.29 is 9.53 Å². The Balaban J connectivity index is 2.57. The highest BCUT2D eigenvalue weighted by Gasteiger charge is 2.28. The number of piperidine rings is 1. The molecule has 1 rings (SSSR count). The van der Waals surface area contributed by atoms with Crippen LogP contribution in [0.15, 0.2) is 0 Å². The Morgan fingerprint density at radius 1 is 1.53 bits per heavy atom. The van der Waals surface area contributed by atoms with Crippen LogP contribution in [0.2, 0.25) is 0 Å². The molecule has 0 aromatic heterocycles. The van der Waals surface area contributed by atoms with Gasteiger partial charge in [-0.2, -0.15) is 0 Å². The molecule has 0 bridgehead atoms. The average molecular weight is 242 g/mol. The molecular weight excluding hydrogens is 216 g/mol. The number of carbonyl (C=O) groups excluding carboxylic acids is 1. The van der Waals surface area contributed by atoms with Crippen LogP contribution in [0.4, 0.5) is 0 Å². The van der Waals surface area contributed by atoms with Crippen molar-refractivity contribution in [2.75, 3.05) is 26.7 Å². The number of hydrogen-bond acceptors (Lipinski definition) is 3. The van der Waals surface area contributed by atoms with E-state index in [1.54, 1.807) is 7.11 Å². The highest BCUT2D eigenvalue weighted by Crippen LogP contribution is 2.18. The minimum Gasteiger partial charge on any atom is -0.378 e. The molecule has 1 saturated heterocycles. The first-order valence-corrected chi connectivity index (χ1v) is 6.55. The maximum absolute atomic E-state index is 12.3. The van der Waals surface area contributed by atoms with Gasteiger partial charge in [-0.25, -0.2) is 0 Å². The minimum absolute atomic E-state index is 0.202. The second-order valence-electron chi connectivity index (χ2n) is 5.32. The first-order chi connectivity index (χ1) is 8.00. The van der Waals surface area contributed by atoms with Crippen LogP contribution in [0.25, 0.3) is 0 Å². The monoisotopic (exact) mass is 242 g/mol. The maximum Gasteiger partial charge on any atom is 0.225 e. The molecule has 0 saturated carbocycles. The molecule has 100 valence electrons. The molecule has 1 fully saturated rings. The molecule has 0 spiro atoms. The number of nitrogens with one attached hydrogen (secondary N) is 1. The van der Waals surface area contributed by atoms with E-state index < -0.39 is 0 Å². The van der Waals surface area contributed by atoms with Gasteiger partial charge in [-0.3, -0.25) is 4.79 Å². The minimum atomic E-state index is -0.368. The van der Waals surface area contributed by atoms with Crippen LogP contribution in [-0.4, -0.2) is 49.2 Å². The van der Waals surface area contributed by atoms with E-state index in [2.05, 4.69) is 5.32 Å². The molecule has 4 heteroatoms. The maximum atomic E-state index is 12.3. The van der Waals surface area contributed by atoms with Gasteiger partial charge >= 0.3 is 0 Å². The fourth-order valence-corrected chi connectivity index (χ4v) is 2.28. The average Bonchev–Trinajstić information content (AvgIpc) is 2.31. The summed E-state index contributed by atoms with van der Waals surface area (Å²) in [7, 11) is 1.66. The van der Waals surface area contributed by atoms with Crippen LogP contribution < -0.4 is 5.32 Å². The molecule has 1 amide bonds. The van der Waals surface area contributed by atoms with Gasteiger partial charge in [-0.1, -0.05) is 0 Å². The summed E-state index contributed by atoms with van der Waals surface area (Å²) in [6.07, 6.45) is 2.72. The van der Waals surface area contributed by atoms with Crippen LogP contribution in [0, 0.1) is 0 Å². The summed E-state index contributed by atoms with van der Waals surface area (Å²) in [6, 6.07) is 0.355. The van der Waals surface area contributed by atoms with Crippen molar-refractivity contribution >= 4 is 5.91 Å². The van der Waals surface area contributed by atoms with Gasteiger partial charge in [0.2, 0.25) is 5.91 Å². The molecule has 0 aromatic rings.